The third-order valence-electron chi connectivity index (χ3n) is 3.56. The topological polar surface area (TPSA) is 63.1 Å². The number of nitrogens with zero attached hydrogens (tertiary/aromatic N) is 4. The average molecular weight is 337 g/mol. The first-order valence-corrected chi connectivity index (χ1v) is 9.12. The van der Waals surface area contributed by atoms with Crippen LogP contribution in [0.25, 0.3) is 0 Å². The number of hydrogen-bond acceptors (Lipinski definition) is 5. The van der Waals surface area contributed by atoms with Crippen LogP contribution in [0.2, 0.25) is 0 Å². The molecule has 0 bridgehead atoms. The lowest BCUT2D eigenvalue weighted by Gasteiger charge is -2.34. The van der Waals surface area contributed by atoms with Crippen LogP contribution in [0.15, 0.2) is 18.6 Å². The zero-order valence-electron chi connectivity index (χ0n) is 12.7. The van der Waals surface area contributed by atoms with Crippen LogP contribution in [0.1, 0.15) is 21.5 Å². The van der Waals surface area contributed by atoms with E-state index in [2.05, 4.69) is 15.4 Å². The van der Waals surface area contributed by atoms with Gasteiger partial charge >= 0.3 is 6.03 Å². The van der Waals surface area contributed by atoms with Crippen LogP contribution in [0.5, 0.6) is 0 Å². The van der Waals surface area contributed by atoms with Gasteiger partial charge in [-0.05, 0) is 6.92 Å². The Kier molecular flexibility index (Phi) is 4.68. The Bertz CT molecular complexity index is 653. The SMILES string of the molecule is Cc1cnc(CNC(=O)N2CCSCC2c2cnn(C)c2)s1. The normalized spacial score (nSPS) is 18.5. The molecule has 1 fully saturated rings. The number of nitrogens with one attached hydrogen (secondary N) is 1. The Morgan fingerprint density at radius 3 is 3.05 bits per heavy atom. The van der Waals surface area contributed by atoms with Crippen molar-refractivity contribution < 1.29 is 4.79 Å². The Balaban J connectivity index is 1.66. The largest absolute Gasteiger partial charge is 0.331 e. The molecule has 1 atom stereocenters. The van der Waals surface area contributed by atoms with Gasteiger partial charge in [-0.1, -0.05) is 0 Å². The molecule has 22 heavy (non-hydrogen) atoms. The minimum Gasteiger partial charge on any atom is -0.331 e. The van der Waals surface area contributed by atoms with Crippen molar-refractivity contribution in [2.75, 3.05) is 18.1 Å². The predicted molar refractivity (Wildman–Crippen MR) is 89.1 cm³/mol. The number of hydrogen-bond donors (Lipinski definition) is 1. The van der Waals surface area contributed by atoms with E-state index in [4.69, 9.17) is 0 Å². The third-order valence-corrected chi connectivity index (χ3v) is 5.49. The highest BCUT2D eigenvalue weighted by atomic mass is 32.2. The molecule has 2 amide bonds. The lowest BCUT2D eigenvalue weighted by Crippen LogP contribution is -2.45. The first-order valence-electron chi connectivity index (χ1n) is 7.15. The summed E-state index contributed by atoms with van der Waals surface area (Å²) in [5.41, 5.74) is 1.09. The van der Waals surface area contributed by atoms with Crippen molar-refractivity contribution in [1.29, 1.82) is 0 Å². The van der Waals surface area contributed by atoms with Gasteiger partial charge < -0.3 is 10.2 Å². The highest BCUT2D eigenvalue weighted by Crippen LogP contribution is 2.29. The van der Waals surface area contributed by atoms with E-state index in [1.165, 1.54) is 0 Å². The van der Waals surface area contributed by atoms with Crippen LogP contribution in [-0.4, -0.2) is 43.7 Å². The number of amides is 2. The van der Waals surface area contributed by atoms with Gasteiger partial charge in [0.2, 0.25) is 0 Å². The lowest BCUT2D eigenvalue weighted by atomic mass is 10.1. The standard InChI is InChI=1S/C14H19N5OS2/c1-10-5-15-13(22-10)7-16-14(20)19-3-4-21-9-12(19)11-6-17-18(2)8-11/h5-6,8,12H,3-4,7,9H2,1-2H3,(H,16,20). The number of rotatable bonds is 3. The maximum absolute atomic E-state index is 12.5. The second kappa shape index (κ2) is 6.70. The zero-order valence-corrected chi connectivity index (χ0v) is 14.3. The highest BCUT2D eigenvalue weighted by molar-refractivity contribution is 7.99. The van der Waals surface area contributed by atoms with Crippen molar-refractivity contribution in [3.63, 3.8) is 0 Å². The monoisotopic (exact) mass is 337 g/mol. The van der Waals surface area contributed by atoms with E-state index in [0.29, 0.717) is 6.54 Å². The molecular weight excluding hydrogens is 318 g/mol. The van der Waals surface area contributed by atoms with Crippen LogP contribution in [0.3, 0.4) is 0 Å². The molecule has 1 saturated heterocycles. The molecule has 0 aliphatic carbocycles. The van der Waals surface area contributed by atoms with Gasteiger partial charge in [-0.25, -0.2) is 9.78 Å². The summed E-state index contributed by atoms with van der Waals surface area (Å²) < 4.78 is 1.78. The molecule has 0 saturated carbocycles. The first kappa shape index (κ1) is 15.4. The van der Waals surface area contributed by atoms with Crippen LogP contribution in [0, 0.1) is 6.92 Å². The maximum atomic E-state index is 12.5. The van der Waals surface area contributed by atoms with Crippen molar-refractivity contribution in [3.05, 3.63) is 34.0 Å². The summed E-state index contributed by atoms with van der Waals surface area (Å²) in [5.74, 6) is 1.88. The molecule has 0 spiro atoms. The molecule has 1 N–H and O–H groups in total. The maximum Gasteiger partial charge on any atom is 0.318 e. The second-order valence-electron chi connectivity index (χ2n) is 5.25. The Morgan fingerprint density at radius 2 is 2.36 bits per heavy atom. The molecule has 6 nitrogen and oxygen atoms in total. The quantitative estimate of drug-likeness (QED) is 0.932. The van der Waals surface area contributed by atoms with E-state index in [1.807, 2.05) is 49.2 Å². The minimum absolute atomic E-state index is 0.0259. The highest BCUT2D eigenvalue weighted by Gasteiger charge is 2.29. The zero-order chi connectivity index (χ0) is 15.5. The summed E-state index contributed by atoms with van der Waals surface area (Å²) in [7, 11) is 1.90. The Morgan fingerprint density at radius 1 is 1.50 bits per heavy atom. The molecule has 118 valence electrons. The van der Waals surface area contributed by atoms with Crippen LogP contribution < -0.4 is 5.32 Å². The van der Waals surface area contributed by atoms with E-state index in [0.717, 1.165) is 33.5 Å². The van der Waals surface area contributed by atoms with Crippen LogP contribution in [0.4, 0.5) is 4.79 Å². The summed E-state index contributed by atoms with van der Waals surface area (Å²) in [6.45, 7) is 3.26. The lowest BCUT2D eigenvalue weighted by molar-refractivity contribution is 0.182. The molecule has 1 unspecified atom stereocenters. The summed E-state index contributed by atoms with van der Waals surface area (Å²) >= 11 is 3.49. The average Bonchev–Trinajstić information content (AvgIpc) is 3.13. The molecule has 8 heteroatoms. The molecule has 1 aliphatic rings. The number of carbonyl (C=O) groups excluding carboxylic acids is 1. The number of thiazole rings is 1. The molecule has 0 radical (unpaired) electrons. The van der Waals surface area contributed by atoms with Gasteiger partial charge in [-0.15, -0.1) is 11.3 Å². The Labute approximate surface area is 137 Å². The number of urea groups is 1. The molecule has 2 aromatic rings. The van der Waals surface area contributed by atoms with Gasteiger partial charge in [0.25, 0.3) is 0 Å². The summed E-state index contributed by atoms with van der Waals surface area (Å²) in [6.07, 6.45) is 5.67. The number of aromatic nitrogens is 3. The number of thioether (sulfide) groups is 1. The van der Waals surface area contributed by atoms with Gasteiger partial charge in [0, 0.05) is 47.9 Å². The third kappa shape index (κ3) is 3.44. The van der Waals surface area contributed by atoms with Gasteiger partial charge in [0.1, 0.15) is 5.01 Å². The van der Waals surface area contributed by atoms with Crippen LogP contribution >= 0.6 is 23.1 Å². The van der Waals surface area contributed by atoms with E-state index in [1.54, 1.807) is 16.0 Å². The second-order valence-corrected chi connectivity index (χ2v) is 7.72. The van der Waals surface area contributed by atoms with Crippen molar-refractivity contribution in [3.8, 4) is 0 Å². The van der Waals surface area contributed by atoms with Gasteiger partial charge in [-0.2, -0.15) is 16.9 Å². The molecular formula is C14H19N5OS2. The van der Waals surface area contributed by atoms with Gasteiger partial charge in [0.05, 0.1) is 18.8 Å². The van der Waals surface area contributed by atoms with E-state index in [9.17, 15) is 4.79 Å². The fourth-order valence-corrected chi connectivity index (χ4v) is 4.29. The Hall–Kier alpha value is -1.54. The number of carbonyl (C=O) groups is 1. The predicted octanol–water partition coefficient (Wildman–Crippen LogP) is 2.18. The molecule has 0 aromatic carbocycles. The van der Waals surface area contributed by atoms with E-state index < -0.39 is 0 Å². The van der Waals surface area contributed by atoms with Crippen molar-refractivity contribution in [2.24, 2.45) is 7.05 Å². The summed E-state index contributed by atoms with van der Waals surface area (Å²) in [4.78, 5) is 19.9. The van der Waals surface area contributed by atoms with Crippen molar-refractivity contribution >= 4 is 29.1 Å². The van der Waals surface area contributed by atoms with Crippen molar-refractivity contribution in [1.82, 2.24) is 25.0 Å². The van der Waals surface area contributed by atoms with Crippen molar-refractivity contribution in [2.45, 2.75) is 19.5 Å². The fraction of sp³-hybridized carbons (Fsp3) is 0.500. The smallest absolute Gasteiger partial charge is 0.318 e. The first-order chi connectivity index (χ1) is 10.6. The van der Waals surface area contributed by atoms with E-state index in [-0.39, 0.29) is 12.1 Å². The van der Waals surface area contributed by atoms with Crippen LogP contribution in [-0.2, 0) is 13.6 Å². The summed E-state index contributed by atoms with van der Waals surface area (Å²) in [6, 6.07) is 0.0625. The molecule has 3 rings (SSSR count). The number of aryl methyl sites for hydroxylation is 2. The van der Waals surface area contributed by atoms with Gasteiger partial charge in [0.15, 0.2) is 0 Å². The summed E-state index contributed by atoms with van der Waals surface area (Å²) in [5, 5.41) is 8.15. The van der Waals surface area contributed by atoms with Gasteiger partial charge in [-0.3, -0.25) is 4.68 Å². The molecule has 2 aromatic heterocycles. The molecule has 1 aliphatic heterocycles. The fourth-order valence-electron chi connectivity index (χ4n) is 2.47. The van der Waals surface area contributed by atoms with E-state index >= 15 is 0 Å². The minimum atomic E-state index is -0.0259. The molecule has 3 heterocycles.